The van der Waals surface area contributed by atoms with Crippen molar-refractivity contribution in [3.05, 3.63) is 97.1 Å². The molecule has 36 heavy (non-hydrogen) atoms. The standard InChI is InChI=1S/C29H36N2O5/c1-3-5-17-28(34)36-26(24-15-10-7-11-16-24)21-30-29(35)25(12-4-2)20-27(33)31(18-19-32)22-23-13-8-6-9-14-23/h3-4,6-11,13-16,25-26,32H,1-2,5,12,17-22H2,(H,30,35)/t25-,26-/m1/s1. The maximum atomic E-state index is 13.1. The smallest absolute Gasteiger partial charge is 0.306 e. The van der Waals surface area contributed by atoms with Crippen LogP contribution >= 0.6 is 0 Å². The van der Waals surface area contributed by atoms with Gasteiger partial charge in [-0.2, -0.15) is 0 Å². The van der Waals surface area contributed by atoms with Crippen molar-refractivity contribution in [2.45, 2.75) is 38.3 Å². The minimum Gasteiger partial charge on any atom is -0.456 e. The second-order valence-electron chi connectivity index (χ2n) is 8.41. The van der Waals surface area contributed by atoms with Crippen molar-refractivity contribution in [2.24, 2.45) is 5.92 Å². The molecule has 192 valence electrons. The number of carbonyl (C=O) groups excluding carboxylic acids is 3. The summed E-state index contributed by atoms with van der Waals surface area (Å²) in [6.07, 6.45) is 3.59. The van der Waals surface area contributed by atoms with E-state index in [1.54, 1.807) is 17.1 Å². The van der Waals surface area contributed by atoms with Gasteiger partial charge in [-0.1, -0.05) is 72.8 Å². The van der Waals surface area contributed by atoms with Crippen LogP contribution in [0.25, 0.3) is 0 Å². The fourth-order valence-electron chi connectivity index (χ4n) is 3.71. The Bertz CT molecular complexity index is 978. The Morgan fingerprint density at radius 1 is 1.00 bits per heavy atom. The zero-order chi connectivity index (χ0) is 26.2. The molecule has 0 aliphatic carbocycles. The fraction of sp³-hybridized carbons (Fsp3) is 0.345. The second kappa shape index (κ2) is 16.1. The average molecular weight is 493 g/mol. The van der Waals surface area contributed by atoms with Crippen molar-refractivity contribution in [1.29, 1.82) is 0 Å². The van der Waals surface area contributed by atoms with Gasteiger partial charge in [0, 0.05) is 25.9 Å². The van der Waals surface area contributed by atoms with Crippen LogP contribution in [-0.4, -0.2) is 47.5 Å². The fourth-order valence-corrected chi connectivity index (χ4v) is 3.71. The van der Waals surface area contributed by atoms with E-state index in [0.717, 1.165) is 11.1 Å². The van der Waals surface area contributed by atoms with Crippen LogP contribution in [0.15, 0.2) is 86.0 Å². The predicted molar refractivity (Wildman–Crippen MR) is 140 cm³/mol. The number of rotatable bonds is 16. The lowest BCUT2D eigenvalue weighted by Crippen LogP contribution is -2.39. The van der Waals surface area contributed by atoms with Gasteiger partial charge >= 0.3 is 5.97 Å². The molecule has 0 saturated carbocycles. The first kappa shape index (κ1) is 28.5. The number of esters is 1. The average Bonchev–Trinajstić information content (AvgIpc) is 2.90. The molecule has 0 spiro atoms. The van der Waals surface area contributed by atoms with E-state index in [1.807, 2.05) is 60.7 Å². The minimum atomic E-state index is -0.656. The molecule has 2 rings (SSSR count). The Morgan fingerprint density at radius 3 is 2.28 bits per heavy atom. The van der Waals surface area contributed by atoms with Gasteiger partial charge in [0.2, 0.25) is 11.8 Å². The number of allylic oxidation sites excluding steroid dienone is 2. The summed E-state index contributed by atoms with van der Waals surface area (Å²) in [5.74, 6) is -1.57. The van der Waals surface area contributed by atoms with Crippen molar-refractivity contribution >= 4 is 17.8 Å². The number of ether oxygens (including phenoxy) is 1. The van der Waals surface area contributed by atoms with Gasteiger partial charge in [0.05, 0.1) is 19.1 Å². The van der Waals surface area contributed by atoms with Gasteiger partial charge in [0.15, 0.2) is 0 Å². The molecule has 0 radical (unpaired) electrons. The zero-order valence-electron chi connectivity index (χ0n) is 20.7. The van der Waals surface area contributed by atoms with Gasteiger partial charge < -0.3 is 20.1 Å². The summed E-state index contributed by atoms with van der Waals surface area (Å²) >= 11 is 0. The van der Waals surface area contributed by atoms with E-state index < -0.39 is 12.0 Å². The predicted octanol–water partition coefficient (Wildman–Crippen LogP) is 3.96. The lowest BCUT2D eigenvalue weighted by atomic mass is 9.98. The topological polar surface area (TPSA) is 95.9 Å². The molecular formula is C29H36N2O5. The Balaban J connectivity index is 2.05. The quantitative estimate of drug-likeness (QED) is 0.273. The highest BCUT2D eigenvalue weighted by Crippen LogP contribution is 2.19. The van der Waals surface area contributed by atoms with Crippen LogP contribution in [0.4, 0.5) is 0 Å². The number of amides is 2. The van der Waals surface area contributed by atoms with Crippen LogP contribution in [0.1, 0.15) is 42.9 Å². The molecule has 2 aromatic carbocycles. The Hall–Kier alpha value is -3.71. The first-order valence-electron chi connectivity index (χ1n) is 12.1. The summed E-state index contributed by atoms with van der Waals surface area (Å²) in [5.41, 5.74) is 1.70. The molecule has 0 bridgehead atoms. The Morgan fingerprint density at radius 2 is 1.67 bits per heavy atom. The third kappa shape index (κ3) is 9.88. The highest BCUT2D eigenvalue weighted by atomic mass is 16.5. The molecule has 0 aromatic heterocycles. The third-order valence-corrected chi connectivity index (χ3v) is 5.64. The largest absolute Gasteiger partial charge is 0.456 e. The number of nitrogens with zero attached hydrogens (tertiary/aromatic N) is 1. The number of nitrogens with one attached hydrogen (secondary N) is 1. The van der Waals surface area contributed by atoms with E-state index in [2.05, 4.69) is 18.5 Å². The monoisotopic (exact) mass is 492 g/mol. The van der Waals surface area contributed by atoms with Crippen LogP contribution in [0.2, 0.25) is 0 Å². The van der Waals surface area contributed by atoms with Gasteiger partial charge in [0.1, 0.15) is 6.10 Å². The lowest BCUT2D eigenvalue weighted by Gasteiger charge is -2.25. The normalized spacial score (nSPS) is 12.1. The first-order valence-corrected chi connectivity index (χ1v) is 12.1. The SMILES string of the molecule is C=CCCC(=O)O[C@H](CNC(=O)[C@H](CC=C)CC(=O)N(CCO)Cc1ccccc1)c1ccccc1. The summed E-state index contributed by atoms with van der Waals surface area (Å²) in [5, 5.41) is 12.3. The molecule has 2 N–H and O–H groups in total. The number of hydrogen-bond acceptors (Lipinski definition) is 5. The molecule has 7 heteroatoms. The van der Waals surface area contributed by atoms with E-state index >= 15 is 0 Å². The molecule has 2 atom stereocenters. The molecule has 7 nitrogen and oxygen atoms in total. The first-order chi connectivity index (χ1) is 17.5. The number of benzene rings is 2. The molecule has 0 heterocycles. The van der Waals surface area contributed by atoms with Gasteiger partial charge in [-0.05, 0) is 24.0 Å². The summed E-state index contributed by atoms with van der Waals surface area (Å²) < 4.78 is 5.62. The van der Waals surface area contributed by atoms with Crippen LogP contribution in [0.5, 0.6) is 0 Å². The molecule has 0 unspecified atom stereocenters. The van der Waals surface area contributed by atoms with E-state index in [1.165, 1.54) is 0 Å². The Kier molecular flexibility index (Phi) is 12.7. The maximum absolute atomic E-state index is 13.1. The van der Waals surface area contributed by atoms with Gasteiger partial charge in [-0.15, -0.1) is 13.2 Å². The van der Waals surface area contributed by atoms with Gasteiger partial charge in [0.25, 0.3) is 0 Å². The summed E-state index contributed by atoms with van der Waals surface area (Å²) in [6.45, 7) is 7.77. The van der Waals surface area contributed by atoms with Crippen molar-refractivity contribution < 1.29 is 24.2 Å². The van der Waals surface area contributed by atoms with Crippen molar-refractivity contribution in [1.82, 2.24) is 10.2 Å². The molecular weight excluding hydrogens is 456 g/mol. The van der Waals surface area contributed by atoms with Crippen LogP contribution in [0, 0.1) is 5.92 Å². The number of aliphatic hydroxyl groups excluding tert-OH is 1. The molecule has 0 aliphatic rings. The van der Waals surface area contributed by atoms with Crippen molar-refractivity contribution in [2.75, 3.05) is 19.7 Å². The van der Waals surface area contributed by atoms with E-state index in [9.17, 15) is 19.5 Å². The molecule has 0 aliphatic heterocycles. The van der Waals surface area contributed by atoms with Crippen LogP contribution in [0.3, 0.4) is 0 Å². The summed E-state index contributed by atoms with van der Waals surface area (Å²) in [7, 11) is 0. The maximum Gasteiger partial charge on any atom is 0.306 e. The Labute approximate surface area is 213 Å². The number of hydrogen-bond donors (Lipinski definition) is 2. The van der Waals surface area contributed by atoms with Gasteiger partial charge in [-0.25, -0.2) is 0 Å². The molecule has 2 aromatic rings. The van der Waals surface area contributed by atoms with Gasteiger partial charge in [-0.3, -0.25) is 14.4 Å². The second-order valence-corrected chi connectivity index (χ2v) is 8.41. The van der Waals surface area contributed by atoms with E-state index in [0.29, 0.717) is 19.4 Å². The highest BCUT2D eigenvalue weighted by Gasteiger charge is 2.25. The molecule has 2 amide bonds. The van der Waals surface area contributed by atoms with Crippen molar-refractivity contribution in [3.63, 3.8) is 0 Å². The van der Waals surface area contributed by atoms with Crippen molar-refractivity contribution in [3.8, 4) is 0 Å². The summed E-state index contributed by atoms with van der Waals surface area (Å²) in [6, 6.07) is 18.7. The number of carbonyl (C=O) groups is 3. The molecule has 0 fully saturated rings. The summed E-state index contributed by atoms with van der Waals surface area (Å²) in [4.78, 5) is 39.9. The third-order valence-electron chi connectivity index (χ3n) is 5.64. The minimum absolute atomic E-state index is 0.0280. The highest BCUT2D eigenvalue weighted by molar-refractivity contribution is 5.86. The van der Waals surface area contributed by atoms with Crippen LogP contribution < -0.4 is 5.32 Å². The lowest BCUT2D eigenvalue weighted by molar-refractivity contribution is -0.150. The molecule has 0 saturated heterocycles. The van der Waals surface area contributed by atoms with E-state index in [-0.39, 0.29) is 50.3 Å². The van der Waals surface area contributed by atoms with Crippen LogP contribution in [-0.2, 0) is 25.7 Å². The zero-order valence-corrected chi connectivity index (χ0v) is 20.7. The number of aliphatic hydroxyl groups is 1. The van der Waals surface area contributed by atoms with E-state index in [4.69, 9.17) is 4.74 Å².